The molecule has 1 aliphatic heterocycles. The lowest BCUT2D eigenvalue weighted by atomic mass is 10.0. The summed E-state index contributed by atoms with van der Waals surface area (Å²) in [6.45, 7) is 4.15. The molecule has 4 nitrogen and oxygen atoms in total. The Morgan fingerprint density at radius 3 is 2.20 bits per heavy atom. The highest BCUT2D eigenvalue weighted by Crippen LogP contribution is 2.37. The molecule has 132 valence electrons. The molecule has 1 heterocycles. The number of sulfone groups is 1. The molecule has 0 aliphatic carbocycles. The van der Waals surface area contributed by atoms with Crippen molar-refractivity contribution >= 4 is 15.7 Å². The van der Waals surface area contributed by atoms with Gasteiger partial charge in [0.15, 0.2) is 9.84 Å². The number of rotatable bonds is 6. The summed E-state index contributed by atoms with van der Waals surface area (Å²) in [5, 5.41) is 0. The molecule has 25 heavy (non-hydrogen) atoms. The van der Waals surface area contributed by atoms with E-state index < -0.39 is 9.84 Å². The minimum atomic E-state index is -3.27. The molecule has 0 saturated carbocycles. The highest BCUT2D eigenvalue weighted by molar-refractivity contribution is 7.91. The Hall–Kier alpha value is -2.14. The molecule has 0 N–H and O–H groups in total. The molecule has 0 saturated heterocycles. The van der Waals surface area contributed by atoms with Crippen molar-refractivity contribution < 1.29 is 8.42 Å². The van der Waals surface area contributed by atoms with E-state index in [2.05, 4.69) is 28.9 Å². The van der Waals surface area contributed by atoms with Gasteiger partial charge in [0.05, 0.1) is 16.7 Å². The third kappa shape index (κ3) is 3.76. The van der Waals surface area contributed by atoms with Gasteiger partial charge in [-0.05, 0) is 38.0 Å². The largest absolute Gasteiger partial charge is 0.355 e. The van der Waals surface area contributed by atoms with Crippen molar-refractivity contribution in [1.82, 2.24) is 4.90 Å². The van der Waals surface area contributed by atoms with E-state index in [0.29, 0.717) is 11.3 Å². The van der Waals surface area contributed by atoms with Crippen LogP contribution in [-0.2, 0) is 9.84 Å². The zero-order valence-corrected chi connectivity index (χ0v) is 15.7. The molecule has 0 unspecified atom stereocenters. The molecule has 2 aromatic rings. The van der Waals surface area contributed by atoms with Gasteiger partial charge in [-0.1, -0.05) is 48.5 Å². The van der Waals surface area contributed by atoms with Crippen LogP contribution in [0.2, 0.25) is 0 Å². The van der Waals surface area contributed by atoms with Crippen LogP contribution >= 0.6 is 0 Å². The summed E-state index contributed by atoms with van der Waals surface area (Å²) >= 11 is 0. The van der Waals surface area contributed by atoms with Gasteiger partial charge in [0.25, 0.3) is 0 Å². The van der Waals surface area contributed by atoms with Crippen LogP contribution in [0.5, 0.6) is 0 Å². The summed E-state index contributed by atoms with van der Waals surface area (Å²) in [7, 11) is -1.25. The first kappa shape index (κ1) is 17.7. The van der Waals surface area contributed by atoms with Crippen molar-refractivity contribution in [3.63, 3.8) is 0 Å². The molecule has 1 aliphatic rings. The number of aliphatic imine (C=N–C) groups is 1. The molecule has 5 heteroatoms. The smallest absolute Gasteiger partial charge is 0.178 e. The molecule has 2 atom stereocenters. The average molecular weight is 356 g/mol. The normalized spacial score (nSPS) is 20.7. The van der Waals surface area contributed by atoms with E-state index in [1.54, 1.807) is 24.3 Å². The summed E-state index contributed by atoms with van der Waals surface area (Å²) in [4.78, 5) is 7.13. The van der Waals surface area contributed by atoms with Gasteiger partial charge < -0.3 is 4.90 Å². The van der Waals surface area contributed by atoms with Gasteiger partial charge in [-0.3, -0.25) is 4.99 Å². The third-order valence-electron chi connectivity index (χ3n) is 4.94. The van der Waals surface area contributed by atoms with Gasteiger partial charge in [-0.25, -0.2) is 8.42 Å². The summed E-state index contributed by atoms with van der Waals surface area (Å²) < 4.78 is 24.9. The Kier molecular flexibility index (Phi) is 4.69. The molecule has 0 spiro atoms. The Morgan fingerprint density at radius 2 is 1.60 bits per heavy atom. The van der Waals surface area contributed by atoms with Crippen LogP contribution in [0.4, 0.5) is 0 Å². The summed E-state index contributed by atoms with van der Waals surface area (Å²) in [6.07, 6.45) is 0.505. The zero-order valence-electron chi connectivity index (χ0n) is 14.9. The SMILES string of the molecule is C[C@H](c1ccccc1)N(C)C1=N[C@]1(C)CCS(=O)(=O)c1ccccc1. The molecule has 0 amide bonds. The van der Waals surface area contributed by atoms with Crippen molar-refractivity contribution in [2.24, 2.45) is 4.99 Å². The number of hydrogen-bond acceptors (Lipinski definition) is 4. The van der Waals surface area contributed by atoms with Gasteiger partial charge in [0.1, 0.15) is 11.4 Å². The van der Waals surface area contributed by atoms with Crippen molar-refractivity contribution in [3.8, 4) is 0 Å². The molecular formula is C20H24N2O2S. The molecule has 2 aromatic carbocycles. The van der Waals surface area contributed by atoms with Gasteiger partial charge in [0.2, 0.25) is 0 Å². The van der Waals surface area contributed by atoms with Crippen LogP contribution in [-0.4, -0.2) is 37.5 Å². The van der Waals surface area contributed by atoms with Gasteiger partial charge >= 0.3 is 0 Å². The fourth-order valence-electron chi connectivity index (χ4n) is 3.05. The minimum absolute atomic E-state index is 0.105. The van der Waals surface area contributed by atoms with Crippen molar-refractivity contribution in [1.29, 1.82) is 0 Å². The Morgan fingerprint density at radius 1 is 1.04 bits per heavy atom. The average Bonchev–Trinajstić information content (AvgIpc) is 3.32. The van der Waals surface area contributed by atoms with Gasteiger partial charge in [-0.15, -0.1) is 0 Å². The lowest BCUT2D eigenvalue weighted by molar-refractivity contribution is 0.399. The van der Waals surface area contributed by atoms with E-state index in [1.807, 2.05) is 38.2 Å². The van der Waals surface area contributed by atoms with E-state index in [0.717, 1.165) is 5.84 Å². The second kappa shape index (κ2) is 6.64. The van der Waals surface area contributed by atoms with Crippen LogP contribution in [0.3, 0.4) is 0 Å². The van der Waals surface area contributed by atoms with Crippen molar-refractivity contribution in [2.45, 2.75) is 36.7 Å². The van der Waals surface area contributed by atoms with Crippen LogP contribution < -0.4 is 0 Å². The predicted octanol–water partition coefficient (Wildman–Crippen LogP) is 3.71. The quantitative estimate of drug-likeness (QED) is 0.793. The van der Waals surface area contributed by atoms with Gasteiger partial charge in [-0.2, -0.15) is 0 Å². The lowest BCUT2D eigenvalue weighted by Crippen LogP contribution is -2.33. The third-order valence-corrected chi connectivity index (χ3v) is 6.67. The maximum absolute atomic E-state index is 12.5. The minimum Gasteiger partial charge on any atom is -0.355 e. The van der Waals surface area contributed by atoms with Crippen LogP contribution in [0.1, 0.15) is 31.9 Å². The predicted molar refractivity (Wildman–Crippen MR) is 102 cm³/mol. The number of hydrogen-bond donors (Lipinski definition) is 0. The second-order valence-electron chi connectivity index (χ2n) is 6.79. The fourth-order valence-corrected chi connectivity index (χ4v) is 4.52. The Labute approximate surface area is 150 Å². The summed E-state index contributed by atoms with van der Waals surface area (Å²) in [5.74, 6) is 1.08. The van der Waals surface area contributed by atoms with E-state index in [1.165, 1.54) is 5.56 Å². The molecule has 0 radical (unpaired) electrons. The molecule has 0 bridgehead atoms. The standard InChI is InChI=1S/C20H24N2O2S/c1-16(17-10-6-4-7-11-17)22(3)19-20(2,21-19)14-15-25(23,24)18-12-8-5-9-13-18/h4-13,16H,14-15H2,1-3H3/t16-,20-/m1/s1. The van der Waals surface area contributed by atoms with Crippen molar-refractivity contribution in [3.05, 3.63) is 66.2 Å². The van der Waals surface area contributed by atoms with E-state index in [4.69, 9.17) is 0 Å². The monoisotopic (exact) mass is 356 g/mol. The Bertz CT molecular complexity index is 863. The summed E-state index contributed by atoms with van der Waals surface area (Å²) in [6, 6.07) is 19.1. The first-order valence-electron chi connectivity index (χ1n) is 8.49. The van der Waals surface area contributed by atoms with Crippen LogP contribution in [0, 0.1) is 0 Å². The van der Waals surface area contributed by atoms with Gasteiger partial charge in [0, 0.05) is 7.05 Å². The highest BCUT2D eigenvalue weighted by atomic mass is 32.2. The highest BCUT2D eigenvalue weighted by Gasteiger charge is 2.46. The molecule has 0 aromatic heterocycles. The van der Waals surface area contributed by atoms with E-state index in [-0.39, 0.29) is 17.3 Å². The molecule has 0 fully saturated rings. The maximum atomic E-state index is 12.5. The number of likely N-dealkylation sites (N-methyl/N-ethyl adjacent to an activating group) is 1. The topological polar surface area (TPSA) is 49.7 Å². The van der Waals surface area contributed by atoms with Crippen LogP contribution in [0.25, 0.3) is 0 Å². The zero-order chi connectivity index (χ0) is 18.1. The number of amidine groups is 1. The van der Waals surface area contributed by atoms with E-state index >= 15 is 0 Å². The summed E-state index contributed by atoms with van der Waals surface area (Å²) in [5.41, 5.74) is 0.846. The second-order valence-corrected chi connectivity index (χ2v) is 8.90. The Balaban J connectivity index is 1.62. The number of benzene rings is 2. The van der Waals surface area contributed by atoms with E-state index in [9.17, 15) is 8.42 Å². The molecular weight excluding hydrogens is 332 g/mol. The van der Waals surface area contributed by atoms with Crippen LogP contribution in [0.15, 0.2) is 70.6 Å². The first-order valence-corrected chi connectivity index (χ1v) is 10.1. The number of nitrogens with zero attached hydrogens (tertiary/aromatic N) is 2. The van der Waals surface area contributed by atoms with Crippen molar-refractivity contribution in [2.75, 3.05) is 12.8 Å². The first-order chi connectivity index (χ1) is 11.8. The maximum Gasteiger partial charge on any atom is 0.178 e. The lowest BCUT2D eigenvalue weighted by Gasteiger charge is -2.26. The molecule has 3 rings (SSSR count). The fraction of sp³-hybridized carbons (Fsp3) is 0.350.